The molecule has 1 aromatic carbocycles. The molecule has 21 heavy (non-hydrogen) atoms. The average molecular weight is 286 g/mol. The summed E-state index contributed by atoms with van der Waals surface area (Å²) in [5.41, 5.74) is 1.52. The highest BCUT2D eigenvalue weighted by Gasteiger charge is 2.20. The Labute approximate surface area is 129 Å². The second kappa shape index (κ2) is 7.95. The fourth-order valence-electron chi connectivity index (χ4n) is 3.90. The molecule has 1 aromatic rings. The minimum absolute atomic E-state index is 0.905. The van der Waals surface area contributed by atoms with Gasteiger partial charge in [0.1, 0.15) is 0 Å². The van der Waals surface area contributed by atoms with Gasteiger partial charge in [0.15, 0.2) is 0 Å². The minimum Gasteiger partial charge on any atom is -0.317 e. The predicted octanol–water partition coefficient (Wildman–Crippen LogP) is 3.33. The molecule has 0 bridgehead atoms. The molecule has 0 amide bonds. The van der Waals surface area contributed by atoms with Crippen LogP contribution >= 0.6 is 0 Å². The van der Waals surface area contributed by atoms with Crippen molar-refractivity contribution in [1.29, 1.82) is 0 Å². The van der Waals surface area contributed by atoms with Crippen LogP contribution in [0.2, 0.25) is 0 Å². The third-order valence-corrected chi connectivity index (χ3v) is 5.39. The monoisotopic (exact) mass is 286 g/mol. The molecule has 0 atom stereocenters. The van der Waals surface area contributed by atoms with E-state index in [1.54, 1.807) is 0 Å². The van der Waals surface area contributed by atoms with Crippen molar-refractivity contribution in [3.63, 3.8) is 0 Å². The van der Waals surface area contributed by atoms with Gasteiger partial charge in [-0.05, 0) is 88.6 Å². The SMILES string of the molecule is c1ccc(CC2CCN(CCC3CCNCC3)CC2)cc1. The van der Waals surface area contributed by atoms with Crippen LogP contribution in [0.3, 0.4) is 0 Å². The molecule has 0 aliphatic carbocycles. The van der Waals surface area contributed by atoms with Gasteiger partial charge >= 0.3 is 0 Å². The molecular formula is C19H30N2. The molecule has 2 heterocycles. The molecule has 0 saturated carbocycles. The largest absolute Gasteiger partial charge is 0.317 e. The fraction of sp³-hybridized carbons (Fsp3) is 0.684. The topological polar surface area (TPSA) is 15.3 Å². The standard InChI is InChI=1S/C19H30N2/c1-2-4-18(5-3-1)16-19-9-14-21(15-10-19)13-8-17-6-11-20-12-7-17/h1-5,17,19-20H,6-16H2. The quantitative estimate of drug-likeness (QED) is 0.893. The van der Waals surface area contributed by atoms with Gasteiger partial charge in [-0.3, -0.25) is 0 Å². The summed E-state index contributed by atoms with van der Waals surface area (Å²) in [6.45, 7) is 6.46. The Kier molecular flexibility index (Phi) is 5.70. The summed E-state index contributed by atoms with van der Waals surface area (Å²) in [6.07, 6.45) is 8.27. The molecular weight excluding hydrogens is 256 g/mol. The second-order valence-electron chi connectivity index (χ2n) is 6.96. The number of benzene rings is 1. The van der Waals surface area contributed by atoms with Crippen molar-refractivity contribution in [2.75, 3.05) is 32.7 Å². The van der Waals surface area contributed by atoms with Gasteiger partial charge in [-0.1, -0.05) is 30.3 Å². The molecule has 0 unspecified atom stereocenters. The van der Waals surface area contributed by atoms with E-state index in [-0.39, 0.29) is 0 Å². The lowest BCUT2D eigenvalue weighted by molar-refractivity contribution is 0.168. The maximum atomic E-state index is 3.47. The van der Waals surface area contributed by atoms with Gasteiger partial charge in [-0.25, -0.2) is 0 Å². The van der Waals surface area contributed by atoms with E-state index in [1.807, 2.05) is 0 Å². The van der Waals surface area contributed by atoms with E-state index in [0.717, 1.165) is 11.8 Å². The number of nitrogens with zero attached hydrogens (tertiary/aromatic N) is 1. The molecule has 2 heteroatoms. The molecule has 116 valence electrons. The van der Waals surface area contributed by atoms with Crippen LogP contribution in [0.15, 0.2) is 30.3 Å². The highest BCUT2D eigenvalue weighted by Crippen LogP contribution is 2.23. The highest BCUT2D eigenvalue weighted by atomic mass is 15.1. The summed E-state index contributed by atoms with van der Waals surface area (Å²) < 4.78 is 0. The average Bonchev–Trinajstić information content (AvgIpc) is 2.56. The smallest absolute Gasteiger partial charge is 0.00160 e. The first-order chi connectivity index (χ1) is 10.4. The summed E-state index contributed by atoms with van der Waals surface area (Å²) in [7, 11) is 0. The van der Waals surface area contributed by atoms with Crippen molar-refractivity contribution in [2.24, 2.45) is 11.8 Å². The summed E-state index contributed by atoms with van der Waals surface area (Å²) in [4.78, 5) is 2.71. The third kappa shape index (κ3) is 4.82. The first kappa shape index (κ1) is 15.1. The van der Waals surface area contributed by atoms with Gasteiger partial charge in [-0.2, -0.15) is 0 Å². The van der Waals surface area contributed by atoms with E-state index >= 15 is 0 Å². The van der Waals surface area contributed by atoms with Crippen LogP contribution in [0.25, 0.3) is 0 Å². The van der Waals surface area contributed by atoms with Gasteiger partial charge in [0, 0.05) is 0 Å². The molecule has 3 rings (SSSR count). The third-order valence-electron chi connectivity index (χ3n) is 5.39. The van der Waals surface area contributed by atoms with E-state index in [2.05, 4.69) is 40.5 Å². The van der Waals surface area contributed by atoms with Crippen LogP contribution in [-0.4, -0.2) is 37.6 Å². The fourth-order valence-corrected chi connectivity index (χ4v) is 3.90. The van der Waals surface area contributed by atoms with Crippen molar-refractivity contribution in [1.82, 2.24) is 10.2 Å². The van der Waals surface area contributed by atoms with Crippen molar-refractivity contribution < 1.29 is 0 Å². The first-order valence-corrected chi connectivity index (χ1v) is 8.87. The van der Waals surface area contributed by atoms with Gasteiger partial charge < -0.3 is 10.2 Å². The maximum absolute atomic E-state index is 3.47. The number of nitrogens with one attached hydrogen (secondary N) is 1. The normalized spacial score (nSPS) is 22.5. The van der Waals surface area contributed by atoms with E-state index in [9.17, 15) is 0 Å². The zero-order valence-electron chi connectivity index (χ0n) is 13.3. The molecule has 2 saturated heterocycles. The number of piperidine rings is 2. The molecule has 2 nitrogen and oxygen atoms in total. The van der Waals surface area contributed by atoms with E-state index in [0.29, 0.717) is 0 Å². The number of hydrogen-bond donors (Lipinski definition) is 1. The van der Waals surface area contributed by atoms with Gasteiger partial charge in [-0.15, -0.1) is 0 Å². The Morgan fingerprint density at radius 2 is 1.62 bits per heavy atom. The van der Waals surface area contributed by atoms with Crippen LogP contribution in [-0.2, 0) is 6.42 Å². The molecule has 0 radical (unpaired) electrons. The van der Waals surface area contributed by atoms with Crippen LogP contribution in [0.1, 0.15) is 37.7 Å². The molecule has 2 aliphatic rings. The molecule has 0 aromatic heterocycles. The molecule has 2 aliphatic heterocycles. The Bertz CT molecular complexity index is 389. The Morgan fingerprint density at radius 3 is 2.33 bits per heavy atom. The Morgan fingerprint density at radius 1 is 0.905 bits per heavy atom. The zero-order chi connectivity index (χ0) is 14.3. The van der Waals surface area contributed by atoms with Crippen molar-refractivity contribution in [2.45, 2.75) is 38.5 Å². The summed E-state index contributed by atoms with van der Waals surface area (Å²) in [6, 6.07) is 11.0. The van der Waals surface area contributed by atoms with E-state index in [4.69, 9.17) is 0 Å². The van der Waals surface area contributed by atoms with Gasteiger partial charge in [0.05, 0.1) is 0 Å². The Hall–Kier alpha value is -0.860. The lowest BCUT2D eigenvalue weighted by atomic mass is 9.89. The highest BCUT2D eigenvalue weighted by molar-refractivity contribution is 5.15. The van der Waals surface area contributed by atoms with Crippen molar-refractivity contribution in [3.05, 3.63) is 35.9 Å². The van der Waals surface area contributed by atoms with E-state index < -0.39 is 0 Å². The molecule has 0 spiro atoms. The van der Waals surface area contributed by atoms with Gasteiger partial charge in [0.2, 0.25) is 0 Å². The first-order valence-electron chi connectivity index (χ1n) is 8.87. The van der Waals surface area contributed by atoms with Crippen LogP contribution in [0.5, 0.6) is 0 Å². The number of rotatable bonds is 5. The predicted molar refractivity (Wildman–Crippen MR) is 89.5 cm³/mol. The number of likely N-dealkylation sites (tertiary alicyclic amines) is 1. The second-order valence-corrected chi connectivity index (χ2v) is 6.96. The van der Waals surface area contributed by atoms with Crippen molar-refractivity contribution >= 4 is 0 Å². The van der Waals surface area contributed by atoms with Crippen LogP contribution in [0.4, 0.5) is 0 Å². The van der Waals surface area contributed by atoms with Crippen LogP contribution < -0.4 is 5.32 Å². The maximum Gasteiger partial charge on any atom is -0.00160 e. The van der Waals surface area contributed by atoms with Crippen LogP contribution in [0, 0.1) is 11.8 Å². The lowest BCUT2D eigenvalue weighted by Gasteiger charge is -2.33. The lowest BCUT2D eigenvalue weighted by Crippen LogP contribution is -2.36. The van der Waals surface area contributed by atoms with E-state index in [1.165, 1.54) is 76.8 Å². The zero-order valence-corrected chi connectivity index (χ0v) is 13.3. The minimum atomic E-state index is 0.905. The van der Waals surface area contributed by atoms with Crippen molar-refractivity contribution in [3.8, 4) is 0 Å². The number of hydrogen-bond acceptors (Lipinski definition) is 2. The molecule has 1 N–H and O–H groups in total. The summed E-state index contributed by atoms with van der Waals surface area (Å²) >= 11 is 0. The molecule has 2 fully saturated rings. The summed E-state index contributed by atoms with van der Waals surface area (Å²) in [5, 5.41) is 3.47. The van der Waals surface area contributed by atoms with Gasteiger partial charge in [0.25, 0.3) is 0 Å². The Balaban J connectivity index is 1.35. The summed E-state index contributed by atoms with van der Waals surface area (Å²) in [5.74, 6) is 1.89.